The van der Waals surface area contributed by atoms with Gasteiger partial charge in [0.2, 0.25) is 0 Å². The Morgan fingerprint density at radius 1 is 1.00 bits per heavy atom. The van der Waals surface area contributed by atoms with Crippen molar-refractivity contribution in [2.45, 2.75) is 6.92 Å². The van der Waals surface area contributed by atoms with E-state index in [0.717, 1.165) is 5.56 Å². The summed E-state index contributed by atoms with van der Waals surface area (Å²) in [6.45, 7) is 1.83. The van der Waals surface area contributed by atoms with Gasteiger partial charge in [0.25, 0.3) is 0 Å². The van der Waals surface area contributed by atoms with Crippen LogP contribution in [0.1, 0.15) is 5.56 Å². The molecule has 2 aromatic rings. The van der Waals surface area contributed by atoms with E-state index in [9.17, 15) is 8.78 Å². The second kappa shape index (κ2) is 3.93. The van der Waals surface area contributed by atoms with E-state index in [-0.39, 0.29) is 11.5 Å². The number of benzene rings is 2. The molecular formula is C13H11F2N. The van der Waals surface area contributed by atoms with Gasteiger partial charge in [-0.05, 0) is 36.2 Å². The van der Waals surface area contributed by atoms with Gasteiger partial charge < -0.3 is 5.73 Å². The first-order valence-corrected chi connectivity index (χ1v) is 4.90. The molecule has 0 aliphatic heterocycles. The number of nitrogens with two attached hydrogens (primary N) is 1. The third-order valence-electron chi connectivity index (χ3n) is 2.54. The fraction of sp³-hybridized carbons (Fsp3) is 0.0769. The molecule has 0 saturated carbocycles. The highest BCUT2D eigenvalue weighted by molar-refractivity contribution is 5.78. The molecule has 0 amide bonds. The second-order valence-electron chi connectivity index (χ2n) is 3.66. The largest absolute Gasteiger partial charge is 0.396 e. The molecule has 0 saturated heterocycles. The van der Waals surface area contributed by atoms with Crippen LogP contribution in [-0.4, -0.2) is 0 Å². The fourth-order valence-corrected chi connectivity index (χ4v) is 1.66. The number of halogens is 2. The Morgan fingerprint density at radius 3 is 2.50 bits per heavy atom. The summed E-state index contributed by atoms with van der Waals surface area (Å²) in [7, 11) is 0. The lowest BCUT2D eigenvalue weighted by Gasteiger charge is -2.09. The van der Waals surface area contributed by atoms with Gasteiger partial charge in [-0.3, -0.25) is 0 Å². The van der Waals surface area contributed by atoms with Crippen molar-refractivity contribution in [3.05, 3.63) is 53.6 Å². The van der Waals surface area contributed by atoms with Crippen molar-refractivity contribution < 1.29 is 8.78 Å². The molecule has 0 aliphatic rings. The molecule has 0 aliphatic carbocycles. The monoisotopic (exact) mass is 219 g/mol. The van der Waals surface area contributed by atoms with Crippen LogP contribution in [0.5, 0.6) is 0 Å². The number of rotatable bonds is 1. The number of para-hydroxylation sites is 1. The molecule has 0 aromatic heterocycles. The predicted octanol–water partition coefficient (Wildman–Crippen LogP) is 3.52. The van der Waals surface area contributed by atoms with E-state index in [2.05, 4.69) is 0 Å². The summed E-state index contributed by atoms with van der Waals surface area (Å²) < 4.78 is 26.4. The molecule has 0 atom stereocenters. The minimum absolute atomic E-state index is 0.0520. The maximum absolute atomic E-state index is 13.3. The predicted molar refractivity (Wildman–Crippen MR) is 60.9 cm³/mol. The Morgan fingerprint density at radius 2 is 1.75 bits per heavy atom. The van der Waals surface area contributed by atoms with E-state index in [0.29, 0.717) is 11.1 Å². The molecule has 0 unspecified atom stereocenters. The lowest BCUT2D eigenvalue weighted by atomic mass is 9.99. The van der Waals surface area contributed by atoms with E-state index in [4.69, 9.17) is 5.73 Å². The Balaban J connectivity index is 2.67. The summed E-state index contributed by atoms with van der Waals surface area (Å²) in [5.74, 6) is -0.842. The van der Waals surface area contributed by atoms with Gasteiger partial charge in [0.1, 0.15) is 11.6 Å². The molecule has 0 radical (unpaired) electrons. The van der Waals surface area contributed by atoms with Crippen molar-refractivity contribution in [3.8, 4) is 11.1 Å². The van der Waals surface area contributed by atoms with Crippen molar-refractivity contribution in [2.24, 2.45) is 0 Å². The molecule has 2 N–H and O–H groups in total. The number of nitrogen functional groups attached to an aromatic ring is 1. The quantitative estimate of drug-likeness (QED) is 0.729. The summed E-state index contributed by atoms with van der Waals surface area (Å²) in [6.07, 6.45) is 0. The number of hydrogen-bond acceptors (Lipinski definition) is 1. The van der Waals surface area contributed by atoms with Crippen LogP contribution in [-0.2, 0) is 0 Å². The maximum atomic E-state index is 13.3. The zero-order chi connectivity index (χ0) is 11.7. The van der Waals surface area contributed by atoms with Crippen LogP contribution in [0.25, 0.3) is 11.1 Å². The Bertz CT molecular complexity index is 535. The molecule has 2 rings (SSSR count). The van der Waals surface area contributed by atoms with Crippen LogP contribution in [0.4, 0.5) is 14.5 Å². The first kappa shape index (κ1) is 10.6. The minimum Gasteiger partial charge on any atom is -0.396 e. The molecule has 0 fully saturated rings. The van der Waals surface area contributed by atoms with Crippen LogP contribution in [0.3, 0.4) is 0 Å². The number of anilines is 1. The third kappa shape index (κ3) is 1.76. The van der Waals surface area contributed by atoms with Gasteiger partial charge in [0.15, 0.2) is 0 Å². The highest BCUT2D eigenvalue weighted by Crippen LogP contribution is 2.30. The smallest absolute Gasteiger partial charge is 0.146 e. The summed E-state index contributed by atoms with van der Waals surface area (Å²) in [6, 6.07) is 8.91. The van der Waals surface area contributed by atoms with Crippen molar-refractivity contribution >= 4 is 5.69 Å². The van der Waals surface area contributed by atoms with Gasteiger partial charge in [-0.25, -0.2) is 8.78 Å². The standard InChI is InChI=1S/C13H11F2N/c1-8-5-6-9(14)7-11(8)10-3-2-4-12(15)13(10)16/h2-7H,16H2,1H3. The summed E-state index contributed by atoms with van der Waals surface area (Å²) in [5, 5.41) is 0. The summed E-state index contributed by atoms with van der Waals surface area (Å²) >= 11 is 0. The average molecular weight is 219 g/mol. The zero-order valence-electron chi connectivity index (χ0n) is 8.80. The van der Waals surface area contributed by atoms with E-state index in [1.165, 1.54) is 18.2 Å². The molecular weight excluding hydrogens is 208 g/mol. The minimum atomic E-state index is -0.485. The van der Waals surface area contributed by atoms with Crippen molar-refractivity contribution in [1.82, 2.24) is 0 Å². The van der Waals surface area contributed by atoms with Crippen molar-refractivity contribution in [2.75, 3.05) is 5.73 Å². The van der Waals surface area contributed by atoms with Gasteiger partial charge in [-0.2, -0.15) is 0 Å². The van der Waals surface area contributed by atoms with Gasteiger partial charge in [0, 0.05) is 5.56 Å². The first-order valence-electron chi connectivity index (χ1n) is 4.90. The van der Waals surface area contributed by atoms with Crippen LogP contribution >= 0.6 is 0 Å². The van der Waals surface area contributed by atoms with E-state index in [1.54, 1.807) is 18.2 Å². The number of aryl methyl sites for hydroxylation is 1. The van der Waals surface area contributed by atoms with Crippen LogP contribution in [0, 0.1) is 18.6 Å². The van der Waals surface area contributed by atoms with Crippen LogP contribution in [0.2, 0.25) is 0 Å². The Hall–Kier alpha value is -1.90. The summed E-state index contributed by atoms with van der Waals surface area (Å²) in [5.41, 5.74) is 7.70. The van der Waals surface area contributed by atoms with E-state index >= 15 is 0 Å². The molecule has 3 heteroatoms. The molecule has 1 nitrogen and oxygen atoms in total. The lowest BCUT2D eigenvalue weighted by Crippen LogP contribution is -1.95. The Kier molecular flexibility index (Phi) is 2.60. The Labute approximate surface area is 92.5 Å². The van der Waals surface area contributed by atoms with E-state index in [1.807, 2.05) is 6.92 Å². The molecule has 2 aromatic carbocycles. The molecule has 0 heterocycles. The van der Waals surface area contributed by atoms with Crippen molar-refractivity contribution in [1.29, 1.82) is 0 Å². The molecule has 82 valence electrons. The van der Waals surface area contributed by atoms with Crippen LogP contribution in [0.15, 0.2) is 36.4 Å². The SMILES string of the molecule is Cc1ccc(F)cc1-c1cccc(F)c1N. The number of hydrogen-bond donors (Lipinski definition) is 1. The highest BCUT2D eigenvalue weighted by Gasteiger charge is 2.09. The highest BCUT2D eigenvalue weighted by atomic mass is 19.1. The fourth-order valence-electron chi connectivity index (χ4n) is 1.66. The summed E-state index contributed by atoms with van der Waals surface area (Å²) in [4.78, 5) is 0. The van der Waals surface area contributed by atoms with E-state index < -0.39 is 5.82 Å². The molecule has 16 heavy (non-hydrogen) atoms. The third-order valence-corrected chi connectivity index (χ3v) is 2.54. The molecule has 0 bridgehead atoms. The molecule has 0 spiro atoms. The lowest BCUT2D eigenvalue weighted by molar-refractivity contribution is 0.627. The van der Waals surface area contributed by atoms with Gasteiger partial charge in [-0.1, -0.05) is 18.2 Å². The maximum Gasteiger partial charge on any atom is 0.146 e. The van der Waals surface area contributed by atoms with Gasteiger partial charge in [-0.15, -0.1) is 0 Å². The topological polar surface area (TPSA) is 26.0 Å². The zero-order valence-corrected chi connectivity index (χ0v) is 8.80. The normalized spacial score (nSPS) is 10.4. The first-order chi connectivity index (χ1) is 7.59. The van der Waals surface area contributed by atoms with Crippen LogP contribution < -0.4 is 5.73 Å². The van der Waals surface area contributed by atoms with Crippen molar-refractivity contribution in [3.63, 3.8) is 0 Å². The van der Waals surface area contributed by atoms with Gasteiger partial charge in [0.05, 0.1) is 5.69 Å². The average Bonchev–Trinajstić information content (AvgIpc) is 2.26. The van der Waals surface area contributed by atoms with Gasteiger partial charge >= 0.3 is 0 Å². The second-order valence-corrected chi connectivity index (χ2v) is 3.66.